The zero-order valence-corrected chi connectivity index (χ0v) is 10.5. The smallest absolute Gasteiger partial charge is 0.220 e. The molecule has 14 heavy (non-hydrogen) atoms. The summed E-state index contributed by atoms with van der Waals surface area (Å²) in [5.74, 6) is 0.127. The minimum atomic E-state index is 0.127. The first-order valence-corrected chi connectivity index (χ1v) is 6.06. The minimum absolute atomic E-state index is 0.127. The molecular formula is C11H20BrNO. The molecule has 2 nitrogen and oxygen atoms in total. The van der Waals surface area contributed by atoms with E-state index < -0.39 is 0 Å². The predicted molar refractivity (Wildman–Crippen MR) is 64.5 cm³/mol. The Morgan fingerprint density at radius 3 is 2.50 bits per heavy atom. The Morgan fingerprint density at radius 2 is 1.93 bits per heavy atom. The lowest BCUT2D eigenvalue weighted by molar-refractivity contribution is -0.121. The Hall–Kier alpha value is -0.310. The Labute approximate surface area is 95.3 Å². The molecule has 0 rings (SSSR count). The number of unbranched alkanes of at least 4 members (excludes halogenated alkanes) is 4. The van der Waals surface area contributed by atoms with E-state index in [0.29, 0.717) is 13.0 Å². The van der Waals surface area contributed by atoms with Gasteiger partial charge in [-0.3, -0.25) is 4.79 Å². The Bertz CT molecular complexity index is 180. The summed E-state index contributed by atoms with van der Waals surface area (Å²) < 4.78 is 0.817. The summed E-state index contributed by atoms with van der Waals surface area (Å²) in [6.45, 7) is 6.37. The molecule has 0 aromatic rings. The number of rotatable bonds is 8. The zero-order valence-electron chi connectivity index (χ0n) is 8.94. The van der Waals surface area contributed by atoms with Gasteiger partial charge >= 0.3 is 0 Å². The van der Waals surface area contributed by atoms with Gasteiger partial charge in [0.15, 0.2) is 0 Å². The van der Waals surface area contributed by atoms with Crippen molar-refractivity contribution < 1.29 is 4.79 Å². The lowest BCUT2D eigenvalue weighted by Crippen LogP contribution is -2.23. The summed E-state index contributed by atoms with van der Waals surface area (Å²) in [4.78, 5) is 11.2. The number of hydrogen-bond acceptors (Lipinski definition) is 1. The highest BCUT2D eigenvalue weighted by Crippen LogP contribution is 2.05. The normalized spacial score (nSPS) is 9.86. The Kier molecular flexibility index (Phi) is 9.05. The van der Waals surface area contributed by atoms with Crippen LogP contribution >= 0.6 is 15.9 Å². The first-order chi connectivity index (χ1) is 6.66. The third-order valence-electron chi connectivity index (χ3n) is 1.98. The summed E-state index contributed by atoms with van der Waals surface area (Å²) >= 11 is 3.20. The number of halogens is 1. The summed E-state index contributed by atoms with van der Waals surface area (Å²) in [7, 11) is 0. The van der Waals surface area contributed by atoms with E-state index in [-0.39, 0.29) is 5.91 Å². The SMILES string of the molecule is C=C(Br)CNC(=O)CCCCCCC. The highest BCUT2D eigenvalue weighted by molar-refractivity contribution is 9.11. The van der Waals surface area contributed by atoms with Crippen molar-refractivity contribution in [3.8, 4) is 0 Å². The second-order valence-electron chi connectivity index (χ2n) is 3.46. The number of carbonyl (C=O) groups excluding carboxylic acids is 1. The molecule has 0 aromatic carbocycles. The van der Waals surface area contributed by atoms with Crippen LogP contribution < -0.4 is 5.32 Å². The van der Waals surface area contributed by atoms with Gasteiger partial charge < -0.3 is 5.32 Å². The zero-order chi connectivity index (χ0) is 10.8. The molecule has 3 heteroatoms. The van der Waals surface area contributed by atoms with E-state index in [1.165, 1.54) is 19.3 Å². The van der Waals surface area contributed by atoms with Crippen LogP contribution in [0, 0.1) is 0 Å². The van der Waals surface area contributed by atoms with Crippen LogP contribution in [0.2, 0.25) is 0 Å². The van der Waals surface area contributed by atoms with Crippen molar-refractivity contribution in [2.45, 2.75) is 45.4 Å². The maximum Gasteiger partial charge on any atom is 0.220 e. The topological polar surface area (TPSA) is 29.1 Å². The molecule has 1 amide bonds. The molecule has 0 fully saturated rings. The van der Waals surface area contributed by atoms with E-state index >= 15 is 0 Å². The van der Waals surface area contributed by atoms with Gasteiger partial charge in [-0.25, -0.2) is 0 Å². The number of carbonyl (C=O) groups is 1. The highest BCUT2D eigenvalue weighted by atomic mass is 79.9. The minimum Gasteiger partial charge on any atom is -0.352 e. The molecule has 0 heterocycles. The average molecular weight is 262 g/mol. The van der Waals surface area contributed by atoms with Crippen LogP contribution in [0.1, 0.15) is 45.4 Å². The van der Waals surface area contributed by atoms with Gasteiger partial charge in [-0.2, -0.15) is 0 Å². The van der Waals surface area contributed by atoms with Gasteiger partial charge in [0.2, 0.25) is 5.91 Å². The number of hydrogen-bond donors (Lipinski definition) is 1. The third-order valence-corrected chi connectivity index (χ3v) is 2.27. The van der Waals surface area contributed by atoms with Crippen LogP contribution in [-0.2, 0) is 4.79 Å². The standard InChI is InChI=1S/C11H20BrNO/c1-3-4-5-6-7-8-11(14)13-9-10(2)12/h2-9H2,1H3,(H,13,14). The molecule has 0 aliphatic heterocycles. The molecule has 1 N–H and O–H groups in total. The highest BCUT2D eigenvalue weighted by Gasteiger charge is 1.99. The second kappa shape index (κ2) is 9.25. The van der Waals surface area contributed by atoms with Crippen molar-refractivity contribution in [2.24, 2.45) is 0 Å². The fraction of sp³-hybridized carbons (Fsp3) is 0.727. The fourth-order valence-electron chi connectivity index (χ4n) is 1.17. The third kappa shape index (κ3) is 9.78. The van der Waals surface area contributed by atoms with E-state index in [0.717, 1.165) is 17.3 Å². The van der Waals surface area contributed by atoms with Gasteiger partial charge in [-0.15, -0.1) is 0 Å². The van der Waals surface area contributed by atoms with Crippen molar-refractivity contribution in [3.05, 3.63) is 11.1 Å². The molecule has 0 aliphatic rings. The van der Waals surface area contributed by atoms with Crippen LogP contribution in [0.15, 0.2) is 11.1 Å². The predicted octanol–water partition coefficient (Wildman–Crippen LogP) is 3.37. The molecule has 82 valence electrons. The van der Waals surface area contributed by atoms with E-state index in [1.54, 1.807) is 0 Å². The second-order valence-corrected chi connectivity index (χ2v) is 4.58. The summed E-state index contributed by atoms with van der Waals surface area (Å²) in [5, 5.41) is 2.79. The summed E-state index contributed by atoms with van der Waals surface area (Å²) in [6.07, 6.45) is 6.57. The molecule has 0 spiro atoms. The molecule has 0 radical (unpaired) electrons. The van der Waals surface area contributed by atoms with Crippen LogP contribution in [0.4, 0.5) is 0 Å². The van der Waals surface area contributed by atoms with Crippen molar-refractivity contribution in [1.29, 1.82) is 0 Å². The van der Waals surface area contributed by atoms with Crippen molar-refractivity contribution in [2.75, 3.05) is 6.54 Å². The van der Waals surface area contributed by atoms with Crippen molar-refractivity contribution >= 4 is 21.8 Å². The van der Waals surface area contributed by atoms with Gasteiger partial charge in [0.25, 0.3) is 0 Å². The maximum absolute atomic E-state index is 11.2. The molecule has 0 unspecified atom stereocenters. The van der Waals surface area contributed by atoms with E-state index in [9.17, 15) is 4.79 Å². The number of amides is 1. The van der Waals surface area contributed by atoms with Gasteiger partial charge in [-0.1, -0.05) is 55.1 Å². The summed E-state index contributed by atoms with van der Waals surface area (Å²) in [6, 6.07) is 0. The van der Waals surface area contributed by atoms with Crippen LogP contribution in [0.3, 0.4) is 0 Å². The van der Waals surface area contributed by atoms with Crippen molar-refractivity contribution in [3.63, 3.8) is 0 Å². The molecular weight excluding hydrogens is 242 g/mol. The summed E-state index contributed by atoms with van der Waals surface area (Å²) in [5.41, 5.74) is 0. The first-order valence-electron chi connectivity index (χ1n) is 5.26. The van der Waals surface area contributed by atoms with E-state index in [2.05, 4.69) is 34.7 Å². The molecule has 0 saturated heterocycles. The lowest BCUT2D eigenvalue weighted by Gasteiger charge is -2.03. The van der Waals surface area contributed by atoms with Gasteiger partial charge in [0, 0.05) is 17.4 Å². The lowest BCUT2D eigenvalue weighted by atomic mass is 10.1. The fourth-order valence-corrected chi connectivity index (χ4v) is 1.31. The Morgan fingerprint density at radius 1 is 1.29 bits per heavy atom. The van der Waals surface area contributed by atoms with E-state index in [4.69, 9.17) is 0 Å². The van der Waals surface area contributed by atoms with Crippen molar-refractivity contribution in [1.82, 2.24) is 5.32 Å². The first kappa shape index (κ1) is 13.7. The largest absolute Gasteiger partial charge is 0.352 e. The average Bonchev–Trinajstić information content (AvgIpc) is 2.14. The van der Waals surface area contributed by atoms with E-state index in [1.807, 2.05) is 0 Å². The van der Waals surface area contributed by atoms with Crippen LogP contribution in [0.25, 0.3) is 0 Å². The molecule has 0 bridgehead atoms. The van der Waals surface area contributed by atoms with Crippen LogP contribution in [0.5, 0.6) is 0 Å². The quantitative estimate of drug-likeness (QED) is 0.667. The van der Waals surface area contributed by atoms with Gasteiger partial charge in [0.1, 0.15) is 0 Å². The monoisotopic (exact) mass is 261 g/mol. The van der Waals surface area contributed by atoms with Crippen LogP contribution in [-0.4, -0.2) is 12.5 Å². The molecule has 0 saturated carbocycles. The van der Waals surface area contributed by atoms with Gasteiger partial charge in [-0.05, 0) is 6.42 Å². The number of nitrogens with one attached hydrogen (secondary N) is 1. The molecule has 0 aromatic heterocycles. The maximum atomic E-state index is 11.2. The van der Waals surface area contributed by atoms with Gasteiger partial charge in [0.05, 0.1) is 0 Å². The molecule has 0 aliphatic carbocycles. The Balaban J connectivity index is 3.22. The molecule has 0 atom stereocenters.